The van der Waals surface area contributed by atoms with E-state index in [1.807, 2.05) is 58.2 Å². The van der Waals surface area contributed by atoms with Crippen molar-refractivity contribution >= 4 is 34.6 Å². The predicted octanol–water partition coefficient (Wildman–Crippen LogP) is 2.18. The van der Waals surface area contributed by atoms with E-state index >= 15 is 0 Å². The van der Waals surface area contributed by atoms with Crippen molar-refractivity contribution < 1.29 is 24.3 Å². The van der Waals surface area contributed by atoms with Gasteiger partial charge in [-0.15, -0.1) is 0 Å². The molecule has 208 valence electrons. The van der Waals surface area contributed by atoms with Gasteiger partial charge in [0.15, 0.2) is 0 Å². The molecule has 0 saturated carbocycles. The Labute approximate surface area is 223 Å². The maximum Gasteiger partial charge on any atom is 0.326 e. The number of aliphatic carboxylic acids is 1. The monoisotopic (exact) mass is 527 g/mol. The van der Waals surface area contributed by atoms with Crippen LogP contribution in [0, 0.1) is 11.8 Å². The number of hydrogen-bond donors (Lipinski definition) is 5. The first-order valence-electron chi connectivity index (χ1n) is 13.4. The molecule has 1 aliphatic rings. The zero-order chi connectivity index (χ0) is 28.0. The Morgan fingerprint density at radius 3 is 2.34 bits per heavy atom. The molecule has 10 nitrogen and oxygen atoms in total. The Kier molecular flexibility index (Phi) is 9.90. The molecule has 1 saturated heterocycles. The number of nitrogens with two attached hydrogens (primary N) is 1. The van der Waals surface area contributed by atoms with Crippen molar-refractivity contribution in [1.29, 1.82) is 0 Å². The van der Waals surface area contributed by atoms with Crippen LogP contribution in [0.15, 0.2) is 30.5 Å². The highest BCUT2D eigenvalue weighted by atomic mass is 16.4. The average Bonchev–Trinajstić information content (AvgIpc) is 3.49. The third-order valence-corrected chi connectivity index (χ3v) is 6.94. The number of carboxylic acids is 1. The minimum atomic E-state index is -1.05. The number of nitrogens with zero attached hydrogens (tertiary/aromatic N) is 1. The molecule has 1 aromatic heterocycles. The fraction of sp³-hybridized carbons (Fsp3) is 0.571. The number of fused-ring (bicyclic) bond motifs is 1. The summed E-state index contributed by atoms with van der Waals surface area (Å²) >= 11 is 0. The molecule has 1 aromatic carbocycles. The summed E-state index contributed by atoms with van der Waals surface area (Å²) in [4.78, 5) is 56.3. The van der Waals surface area contributed by atoms with Crippen LogP contribution in [0.2, 0.25) is 0 Å². The number of aromatic nitrogens is 1. The summed E-state index contributed by atoms with van der Waals surface area (Å²) in [6.45, 7) is 8.13. The number of hydrogen-bond acceptors (Lipinski definition) is 5. The van der Waals surface area contributed by atoms with E-state index in [0.29, 0.717) is 32.2 Å². The van der Waals surface area contributed by atoms with Crippen molar-refractivity contribution in [3.05, 3.63) is 36.0 Å². The highest BCUT2D eigenvalue weighted by Gasteiger charge is 2.38. The van der Waals surface area contributed by atoms with Gasteiger partial charge in [0.25, 0.3) is 0 Å². The van der Waals surface area contributed by atoms with Crippen LogP contribution >= 0.6 is 0 Å². The molecular weight excluding hydrogens is 486 g/mol. The Bertz CT molecular complexity index is 1140. The maximum atomic E-state index is 13.6. The molecule has 6 N–H and O–H groups in total. The van der Waals surface area contributed by atoms with Gasteiger partial charge in [0.2, 0.25) is 17.7 Å². The quantitative estimate of drug-likeness (QED) is 0.285. The molecule has 4 atom stereocenters. The summed E-state index contributed by atoms with van der Waals surface area (Å²) in [6, 6.07) is 4.12. The number of rotatable bonds is 12. The van der Waals surface area contributed by atoms with E-state index in [0.717, 1.165) is 16.5 Å². The van der Waals surface area contributed by atoms with Crippen LogP contribution in [0.3, 0.4) is 0 Å². The predicted molar refractivity (Wildman–Crippen MR) is 145 cm³/mol. The van der Waals surface area contributed by atoms with Gasteiger partial charge in [0, 0.05) is 30.1 Å². The van der Waals surface area contributed by atoms with E-state index in [1.54, 1.807) is 0 Å². The number of carboxylic acid groups (broad SMARTS) is 1. The van der Waals surface area contributed by atoms with Crippen LogP contribution in [-0.2, 0) is 25.6 Å². The van der Waals surface area contributed by atoms with Gasteiger partial charge in [-0.05, 0) is 49.1 Å². The number of likely N-dealkylation sites (tertiary alicyclic amines) is 1. The maximum absolute atomic E-state index is 13.6. The standard InChI is InChI=1S/C28H41N5O5/c1-16(2)12-20(29)25(34)31-22(14-18-15-30-21-9-6-5-8-19(18)21)26(35)32-23(13-17(3)4)27(36)33-11-7-10-24(33)28(37)38/h5-6,8-9,15-17,20,22-24,30H,7,10-14,29H2,1-4H3,(H,31,34)(H,32,35)(H,37,38). The summed E-state index contributed by atoms with van der Waals surface area (Å²) in [7, 11) is 0. The molecule has 3 rings (SSSR count). The number of carbonyl (C=O) groups excluding carboxylic acids is 3. The lowest BCUT2D eigenvalue weighted by Gasteiger charge is -2.30. The second-order valence-electron chi connectivity index (χ2n) is 11.1. The van der Waals surface area contributed by atoms with Gasteiger partial charge >= 0.3 is 5.97 Å². The minimum absolute atomic E-state index is 0.0660. The number of carbonyl (C=O) groups is 4. The number of amides is 3. The van der Waals surface area contributed by atoms with Crippen molar-refractivity contribution in [3.8, 4) is 0 Å². The molecular formula is C28H41N5O5. The molecule has 10 heteroatoms. The smallest absolute Gasteiger partial charge is 0.326 e. The summed E-state index contributed by atoms with van der Waals surface area (Å²) in [5, 5.41) is 16.2. The van der Waals surface area contributed by atoms with Crippen LogP contribution in [0.25, 0.3) is 10.9 Å². The van der Waals surface area contributed by atoms with E-state index in [1.165, 1.54) is 4.90 Å². The fourth-order valence-electron chi connectivity index (χ4n) is 5.08. The Balaban J connectivity index is 1.85. The van der Waals surface area contributed by atoms with Gasteiger partial charge in [-0.1, -0.05) is 45.9 Å². The Morgan fingerprint density at radius 2 is 1.68 bits per heavy atom. The van der Waals surface area contributed by atoms with E-state index in [9.17, 15) is 24.3 Å². The molecule has 0 bridgehead atoms. The normalized spacial score (nSPS) is 18.0. The number of benzene rings is 1. The average molecular weight is 528 g/mol. The SMILES string of the molecule is CC(C)CC(N)C(=O)NC(Cc1c[nH]c2ccccc12)C(=O)NC(CC(C)C)C(=O)N1CCCC1C(=O)O. The van der Waals surface area contributed by atoms with Crippen LogP contribution in [-0.4, -0.2) is 69.4 Å². The van der Waals surface area contributed by atoms with Gasteiger partial charge < -0.3 is 31.4 Å². The van der Waals surface area contributed by atoms with Crippen molar-refractivity contribution in [3.63, 3.8) is 0 Å². The third-order valence-electron chi connectivity index (χ3n) is 6.94. The zero-order valence-electron chi connectivity index (χ0n) is 22.7. The first-order chi connectivity index (χ1) is 18.0. The van der Waals surface area contributed by atoms with Crippen LogP contribution in [0.4, 0.5) is 0 Å². The molecule has 1 aliphatic heterocycles. The second kappa shape index (κ2) is 12.9. The van der Waals surface area contributed by atoms with Gasteiger partial charge in [0.05, 0.1) is 6.04 Å². The third kappa shape index (κ3) is 7.34. The molecule has 3 amide bonds. The van der Waals surface area contributed by atoms with Gasteiger partial charge in [-0.3, -0.25) is 14.4 Å². The minimum Gasteiger partial charge on any atom is -0.480 e. The van der Waals surface area contributed by atoms with Gasteiger partial charge in [-0.2, -0.15) is 0 Å². The topological polar surface area (TPSA) is 158 Å². The summed E-state index contributed by atoms with van der Waals surface area (Å²) < 4.78 is 0. The Morgan fingerprint density at radius 1 is 1.03 bits per heavy atom. The zero-order valence-corrected chi connectivity index (χ0v) is 22.7. The number of nitrogens with one attached hydrogen (secondary N) is 3. The summed E-state index contributed by atoms with van der Waals surface area (Å²) in [5.74, 6) is -2.13. The highest BCUT2D eigenvalue weighted by molar-refractivity contribution is 5.95. The van der Waals surface area contributed by atoms with Crippen molar-refractivity contribution in [2.75, 3.05) is 6.54 Å². The number of H-pyrrole nitrogens is 1. The summed E-state index contributed by atoms with van der Waals surface area (Å²) in [5.41, 5.74) is 7.86. The molecule has 2 heterocycles. The number of aromatic amines is 1. The molecule has 0 spiro atoms. The molecule has 2 aromatic rings. The van der Waals surface area contributed by atoms with Crippen LogP contribution in [0.1, 0.15) is 58.9 Å². The van der Waals surface area contributed by atoms with Crippen molar-refractivity contribution in [2.24, 2.45) is 17.6 Å². The molecule has 0 radical (unpaired) electrons. The first kappa shape index (κ1) is 29.2. The lowest BCUT2D eigenvalue weighted by molar-refractivity contribution is -0.149. The van der Waals surface area contributed by atoms with E-state index in [-0.39, 0.29) is 18.3 Å². The van der Waals surface area contributed by atoms with Crippen molar-refractivity contribution in [1.82, 2.24) is 20.5 Å². The lowest BCUT2D eigenvalue weighted by Crippen LogP contribution is -2.58. The van der Waals surface area contributed by atoms with Gasteiger partial charge in [0.1, 0.15) is 18.1 Å². The van der Waals surface area contributed by atoms with E-state index < -0.39 is 47.9 Å². The van der Waals surface area contributed by atoms with Crippen LogP contribution < -0.4 is 16.4 Å². The summed E-state index contributed by atoms with van der Waals surface area (Å²) in [6.07, 6.45) is 3.79. The highest BCUT2D eigenvalue weighted by Crippen LogP contribution is 2.22. The fourth-order valence-corrected chi connectivity index (χ4v) is 5.08. The first-order valence-corrected chi connectivity index (χ1v) is 13.4. The molecule has 0 aliphatic carbocycles. The second-order valence-corrected chi connectivity index (χ2v) is 11.1. The van der Waals surface area contributed by atoms with E-state index in [4.69, 9.17) is 5.73 Å². The van der Waals surface area contributed by atoms with Gasteiger partial charge in [-0.25, -0.2) is 4.79 Å². The number of para-hydroxylation sites is 1. The van der Waals surface area contributed by atoms with E-state index in [2.05, 4.69) is 15.6 Å². The lowest BCUT2D eigenvalue weighted by atomic mass is 9.99. The molecule has 4 unspecified atom stereocenters. The largest absolute Gasteiger partial charge is 0.480 e. The molecule has 38 heavy (non-hydrogen) atoms. The Hall–Kier alpha value is -3.40. The van der Waals surface area contributed by atoms with Crippen LogP contribution in [0.5, 0.6) is 0 Å². The molecule has 1 fully saturated rings. The van der Waals surface area contributed by atoms with Crippen molar-refractivity contribution in [2.45, 2.75) is 84.0 Å².